The molecule has 1 N–H and O–H groups in total. The van der Waals surface area contributed by atoms with Gasteiger partial charge in [0, 0.05) is 18.4 Å². The van der Waals surface area contributed by atoms with E-state index < -0.39 is 5.91 Å². The van der Waals surface area contributed by atoms with Gasteiger partial charge in [-0.25, -0.2) is 10.1 Å². The van der Waals surface area contributed by atoms with Gasteiger partial charge in [-0.3, -0.25) is 9.59 Å². The average molecular weight is 350 g/mol. The van der Waals surface area contributed by atoms with Crippen LogP contribution in [-0.2, 0) is 7.05 Å². The molecule has 0 bridgehead atoms. The number of hydrogen-bond donors (Lipinski definition) is 1. The van der Waals surface area contributed by atoms with Crippen LogP contribution < -0.4 is 11.0 Å². The number of hydrazone groups is 1. The quantitative estimate of drug-likeness (QED) is 0.578. The number of aryl methyl sites for hydroxylation is 1. The topological polar surface area (TPSA) is 89.5 Å². The van der Waals surface area contributed by atoms with E-state index in [-0.39, 0.29) is 11.3 Å². The van der Waals surface area contributed by atoms with Gasteiger partial charge in [-0.05, 0) is 30.5 Å². The van der Waals surface area contributed by atoms with Crippen molar-refractivity contribution in [2.75, 3.05) is 0 Å². The third-order valence-electron chi connectivity index (χ3n) is 4.65. The summed E-state index contributed by atoms with van der Waals surface area (Å²) in [4.78, 5) is 24.6. The lowest BCUT2D eigenvalue weighted by Crippen LogP contribution is -2.27. The number of carbonyl (C=O) groups is 1. The van der Waals surface area contributed by atoms with Gasteiger partial charge in [-0.2, -0.15) is 10.2 Å². The van der Waals surface area contributed by atoms with Crippen molar-refractivity contribution >= 4 is 22.9 Å². The van der Waals surface area contributed by atoms with E-state index in [0.717, 1.165) is 16.9 Å². The van der Waals surface area contributed by atoms with Gasteiger partial charge in [0.05, 0.1) is 11.6 Å². The molecule has 1 aliphatic carbocycles. The van der Waals surface area contributed by atoms with E-state index in [1.54, 1.807) is 24.3 Å². The van der Waals surface area contributed by atoms with Crippen LogP contribution in [0.25, 0.3) is 10.8 Å². The fraction of sp³-hybridized carbons (Fsp3) is 0.263. The Bertz CT molecular complexity index is 1080. The van der Waals surface area contributed by atoms with Crippen LogP contribution >= 0.6 is 0 Å². The van der Waals surface area contributed by atoms with E-state index in [4.69, 9.17) is 4.42 Å². The molecule has 7 nitrogen and oxygen atoms in total. The van der Waals surface area contributed by atoms with Crippen LogP contribution in [0.4, 0.5) is 0 Å². The van der Waals surface area contributed by atoms with E-state index >= 15 is 0 Å². The van der Waals surface area contributed by atoms with Crippen molar-refractivity contribution in [2.24, 2.45) is 18.1 Å². The normalized spacial score (nSPS) is 19.2. The Labute approximate surface area is 149 Å². The Kier molecular flexibility index (Phi) is 3.91. The number of nitrogens with zero attached hydrogens (tertiary/aromatic N) is 3. The monoisotopic (exact) mass is 350 g/mol. The number of furan rings is 1. The summed E-state index contributed by atoms with van der Waals surface area (Å²) in [5, 5.41) is 8.94. The van der Waals surface area contributed by atoms with Crippen LogP contribution in [0, 0.1) is 5.92 Å². The Morgan fingerprint density at radius 3 is 2.77 bits per heavy atom. The minimum absolute atomic E-state index is 0.145. The zero-order valence-corrected chi connectivity index (χ0v) is 14.5. The van der Waals surface area contributed by atoms with E-state index in [0.29, 0.717) is 28.4 Å². The van der Waals surface area contributed by atoms with Crippen molar-refractivity contribution in [1.29, 1.82) is 0 Å². The first-order valence-electron chi connectivity index (χ1n) is 8.44. The van der Waals surface area contributed by atoms with Gasteiger partial charge in [0.2, 0.25) is 0 Å². The molecule has 132 valence electrons. The number of rotatable bonds is 4. The maximum Gasteiger partial charge on any atom is 0.292 e. The molecular weight excluding hydrogens is 332 g/mol. The number of aromatic nitrogens is 2. The van der Waals surface area contributed by atoms with Crippen LogP contribution in [0.5, 0.6) is 0 Å². The summed E-state index contributed by atoms with van der Waals surface area (Å²) in [6.45, 7) is 2.19. The lowest BCUT2D eigenvalue weighted by molar-refractivity contribution is 0.0950. The second-order valence-electron chi connectivity index (χ2n) is 6.58. The van der Waals surface area contributed by atoms with Crippen LogP contribution in [0.2, 0.25) is 0 Å². The molecule has 4 rings (SSSR count). The van der Waals surface area contributed by atoms with Crippen molar-refractivity contribution in [3.8, 4) is 0 Å². The molecular formula is C19H18N4O3. The zero-order valence-electron chi connectivity index (χ0n) is 14.5. The molecule has 26 heavy (non-hydrogen) atoms. The summed E-state index contributed by atoms with van der Waals surface area (Å²) in [5.74, 6) is 2.20. The Morgan fingerprint density at radius 1 is 1.31 bits per heavy atom. The number of carbonyl (C=O) groups excluding carboxylic acids is 1. The average Bonchev–Trinajstić information content (AvgIpc) is 3.18. The lowest BCUT2D eigenvalue weighted by Gasteiger charge is -2.06. The van der Waals surface area contributed by atoms with E-state index in [9.17, 15) is 9.59 Å². The smallest absolute Gasteiger partial charge is 0.292 e. The molecule has 2 aromatic heterocycles. The Morgan fingerprint density at radius 2 is 2.04 bits per heavy atom. The predicted octanol–water partition coefficient (Wildman–Crippen LogP) is 2.41. The van der Waals surface area contributed by atoms with Gasteiger partial charge in [0.15, 0.2) is 5.69 Å². The minimum Gasteiger partial charge on any atom is -0.460 e. The first kappa shape index (κ1) is 16.3. The molecule has 1 saturated carbocycles. The van der Waals surface area contributed by atoms with Gasteiger partial charge < -0.3 is 4.42 Å². The van der Waals surface area contributed by atoms with E-state index in [1.165, 1.54) is 13.3 Å². The van der Waals surface area contributed by atoms with E-state index in [2.05, 4.69) is 22.5 Å². The SMILES string of the molecule is C[C@@H]1C[C@@H]1c1ccc(/C=N\NC(=O)c2nn(C)c(=O)c3ccccc23)o1. The number of amides is 1. The molecule has 1 fully saturated rings. The number of benzene rings is 1. The maximum absolute atomic E-state index is 12.4. The van der Waals surface area contributed by atoms with E-state index in [1.807, 2.05) is 12.1 Å². The summed E-state index contributed by atoms with van der Waals surface area (Å²) in [6.07, 6.45) is 2.60. The number of hydrogen-bond acceptors (Lipinski definition) is 5. The van der Waals surface area contributed by atoms with Crippen molar-refractivity contribution in [2.45, 2.75) is 19.3 Å². The van der Waals surface area contributed by atoms with Crippen LogP contribution in [0.15, 0.2) is 50.7 Å². The summed E-state index contributed by atoms with van der Waals surface area (Å²) >= 11 is 0. The minimum atomic E-state index is -0.490. The third kappa shape index (κ3) is 2.92. The molecule has 2 heterocycles. The fourth-order valence-electron chi connectivity index (χ4n) is 3.03. The largest absolute Gasteiger partial charge is 0.460 e. The molecule has 2 atom stereocenters. The molecule has 0 spiro atoms. The second-order valence-corrected chi connectivity index (χ2v) is 6.58. The van der Waals surface area contributed by atoms with Crippen LogP contribution in [-0.4, -0.2) is 21.9 Å². The number of nitrogens with one attached hydrogen (secondary N) is 1. The predicted molar refractivity (Wildman–Crippen MR) is 97.3 cm³/mol. The van der Waals surface area contributed by atoms with Crippen molar-refractivity contribution in [3.63, 3.8) is 0 Å². The van der Waals surface area contributed by atoms with Gasteiger partial charge in [0.25, 0.3) is 11.5 Å². The van der Waals surface area contributed by atoms with Gasteiger partial charge in [-0.1, -0.05) is 25.1 Å². The standard InChI is InChI=1S/C19H18N4O3/c1-11-9-15(11)16-8-7-12(26-16)10-20-21-18(24)17-13-5-3-4-6-14(13)19(25)23(2)22-17/h3-8,10-11,15H,9H2,1-2H3,(H,21,24)/b20-10-/t11-,15+/m1/s1. The molecule has 0 aliphatic heterocycles. The van der Waals surface area contributed by atoms with Gasteiger partial charge in [0.1, 0.15) is 11.5 Å². The maximum atomic E-state index is 12.4. The highest BCUT2D eigenvalue weighted by Gasteiger charge is 2.36. The fourth-order valence-corrected chi connectivity index (χ4v) is 3.03. The molecule has 7 heteroatoms. The first-order valence-corrected chi connectivity index (χ1v) is 8.44. The summed E-state index contributed by atoms with van der Waals surface area (Å²) in [6, 6.07) is 10.6. The summed E-state index contributed by atoms with van der Waals surface area (Å²) in [5.41, 5.74) is 2.34. The lowest BCUT2D eigenvalue weighted by atomic mass is 10.1. The first-order chi connectivity index (χ1) is 12.5. The van der Waals surface area contributed by atoms with Crippen LogP contribution in [0.3, 0.4) is 0 Å². The van der Waals surface area contributed by atoms with Crippen LogP contribution in [0.1, 0.15) is 41.3 Å². The molecule has 1 aliphatic rings. The molecule has 0 unspecified atom stereocenters. The van der Waals surface area contributed by atoms with Crippen molar-refractivity contribution < 1.29 is 9.21 Å². The van der Waals surface area contributed by atoms with Gasteiger partial charge >= 0.3 is 0 Å². The molecule has 1 amide bonds. The van der Waals surface area contributed by atoms with Crippen molar-refractivity contribution in [3.05, 3.63) is 64.0 Å². The molecule has 3 aromatic rings. The van der Waals surface area contributed by atoms with Crippen molar-refractivity contribution in [1.82, 2.24) is 15.2 Å². The second kappa shape index (κ2) is 6.25. The van der Waals surface area contributed by atoms with Gasteiger partial charge in [-0.15, -0.1) is 0 Å². The highest BCUT2D eigenvalue weighted by Crippen LogP contribution is 2.47. The molecule has 1 aromatic carbocycles. The zero-order chi connectivity index (χ0) is 18.3. The molecule has 0 radical (unpaired) electrons. The summed E-state index contributed by atoms with van der Waals surface area (Å²) in [7, 11) is 1.51. The highest BCUT2D eigenvalue weighted by atomic mass is 16.3. The highest BCUT2D eigenvalue weighted by molar-refractivity contribution is 6.04. The number of fused-ring (bicyclic) bond motifs is 1. The molecule has 0 saturated heterocycles. The third-order valence-corrected chi connectivity index (χ3v) is 4.65. The summed E-state index contributed by atoms with van der Waals surface area (Å²) < 4.78 is 6.86. The Balaban J connectivity index is 1.53. The Hall–Kier alpha value is -3.22.